The molecule has 0 spiro atoms. The normalized spacial score (nSPS) is 12.5. The van der Waals surface area contributed by atoms with E-state index in [2.05, 4.69) is 15.9 Å². The van der Waals surface area contributed by atoms with Crippen LogP contribution in [-0.4, -0.2) is 7.11 Å². The summed E-state index contributed by atoms with van der Waals surface area (Å²) < 4.78 is 24.6. The van der Waals surface area contributed by atoms with E-state index in [1.807, 2.05) is 19.1 Å². The number of rotatable bonds is 4. The van der Waals surface area contributed by atoms with Crippen LogP contribution in [0.4, 0.5) is 4.39 Å². The molecule has 0 radical (unpaired) electrons. The Kier molecular flexibility index (Phi) is 4.27. The lowest BCUT2D eigenvalue weighted by molar-refractivity contribution is 0.396. The topological polar surface area (TPSA) is 48.4 Å². The first-order chi connectivity index (χ1) is 9.06. The van der Waals surface area contributed by atoms with Gasteiger partial charge in [0.2, 0.25) is 0 Å². The molecular formula is C14H15BrFNO2. The van der Waals surface area contributed by atoms with Crippen LogP contribution in [0.25, 0.3) is 0 Å². The van der Waals surface area contributed by atoms with Crippen molar-refractivity contribution in [3.63, 3.8) is 0 Å². The zero-order chi connectivity index (χ0) is 14.0. The summed E-state index contributed by atoms with van der Waals surface area (Å²) in [6, 6.07) is 6.16. The average Bonchev–Trinajstić information content (AvgIpc) is 2.89. The molecule has 0 saturated heterocycles. The first-order valence-corrected chi connectivity index (χ1v) is 6.73. The zero-order valence-corrected chi connectivity index (χ0v) is 12.3. The van der Waals surface area contributed by atoms with Gasteiger partial charge in [-0.3, -0.25) is 0 Å². The van der Waals surface area contributed by atoms with E-state index in [0.29, 0.717) is 21.5 Å². The van der Waals surface area contributed by atoms with Gasteiger partial charge in [0.15, 0.2) is 0 Å². The van der Waals surface area contributed by atoms with Crippen LogP contribution < -0.4 is 10.5 Å². The molecule has 19 heavy (non-hydrogen) atoms. The van der Waals surface area contributed by atoms with Gasteiger partial charge in [0.25, 0.3) is 0 Å². The highest BCUT2D eigenvalue weighted by molar-refractivity contribution is 9.10. The van der Waals surface area contributed by atoms with Crippen molar-refractivity contribution >= 4 is 15.9 Å². The van der Waals surface area contributed by atoms with Crippen molar-refractivity contribution in [2.24, 2.45) is 5.73 Å². The van der Waals surface area contributed by atoms with E-state index in [1.165, 1.54) is 13.2 Å². The van der Waals surface area contributed by atoms with Gasteiger partial charge in [-0.2, -0.15) is 0 Å². The molecule has 0 amide bonds. The van der Waals surface area contributed by atoms with Gasteiger partial charge in [-0.05, 0) is 34.1 Å². The summed E-state index contributed by atoms with van der Waals surface area (Å²) in [6.07, 6.45) is 0.803. The SMILES string of the molecule is CCc1ccc(C(N)c2cc(Br)c(F)cc2OC)o1. The highest BCUT2D eigenvalue weighted by Gasteiger charge is 2.19. The Hall–Kier alpha value is -1.33. The van der Waals surface area contributed by atoms with E-state index in [1.54, 1.807) is 6.07 Å². The van der Waals surface area contributed by atoms with Crippen LogP contribution in [0, 0.1) is 5.82 Å². The Balaban J connectivity index is 2.42. The Morgan fingerprint density at radius 2 is 2.16 bits per heavy atom. The molecule has 1 heterocycles. The van der Waals surface area contributed by atoms with Gasteiger partial charge in [-0.15, -0.1) is 0 Å². The lowest BCUT2D eigenvalue weighted by Gasteiger charge is -2.14. The number of methoxy groups -OCH3 is 1. The number of hydrogen-bond donors (Lipinski definition) is 1. The molecule has 0 aliphatic rings. The number of aryl methyl sites for hydroxylation is 1. The summed E-state index contributed by atoms with van der Waals surface area (Å²) in [4.78, 5) is 0. The lowest BCUT2D eigenvalue weighted by Crippen LogP contribution is -2.12. The molecule has 0 aliphatic carbocycles. The number of nitrogens with two attached hydrogens (primary N) is 1. The molecule has 0 saturated carbocycles. The Morgan fingerprint density at radius 1 is 1.42 bits per heavy atom. The molecule has 1 aromatic heterocycles. The molecule has 2 aromatic rings. The number of hydrogen-bond acceptors (Lipinski definition) is 3. The molecule has 102 valence electrons. The Morgan fingerprint density at radius 3 is 2.74 bits per heavy atom. The molecule has 1 atom stereocenters. The predicted molar refractivity (Wildman–Crippen MR) is 74.8 cm³/mol. The number of benzene rings is 1. The van der Waals surface area contributed by atoms with Gasteiger partial charge in [-0.25, -0.2) is 4.39 Å². The highest BCUT2D eigenvalue weighted by Crippen LogP contribution is 2.33. The Labute approximate surface area is 119 Å². The van der Waals surface area contributed by atoms with E-state index < -0.39 is 6.04 Å². The molecule has 5 heteroatoms. The molecule has 1 unspecified atom stereocenters. The van der Waals surface area contributed by atoms with Crippen LogP contribution in [0.3, 0.4) is 0 Å². The minimum atomic E-state index is -0.493. The number of ether oxygens (including phenoxy) is 1. The molecular weight excluding hydrogens is 313 g/mol. The summed E-state index contributed by atoms with van der Waals surface area (Å²) in [6.45, 7) is 2.00. The first-order valence-electron chi connectivity index (χ1n) is 5.94. The molecule has 3 nitrogen and oxygen atoms in total. The summed E-state index contributed by atoms with van der Waals surface area (Å²) in [7, 11) is 1.48. The molecule has 0 bridgehead atoms. The van der Waals surface area contributed by atoms with E-state index in [9.17, 15) is 4.39 Å². The monoisotopic (exact) mass is 327 g/mol. The summed E-state index contributed by atoms with van der Waals surface area (Å²) in [5.41, 5.74) is 6.84. The number of furan rings is 1. The van der Waals surface area contributed by atoms with Gasteiger partial charge < -0.3 is 14.9 Å². The second-order valence-corrected chi connectivity index (χ2v) is 5.00. The van der Waals surface area contributed by atoms with Crippen molar-refractivity contribution in [3.05, 3.63) is 51.6 Å². The van der Waals surface area contributed by atoms with E-state index in [0.717, 1.165) is 12.2 Å². The van der Waals surface area contributed by atoms with Crippen LogP contribution in [0.2, 0.25) is 0 Å². The second kappa shape index (κ2) is 5.75. The van der Waals surface area contributed by atoms with Crippen LogP contribution in [0.1, 0.15) is 30.0 Å². The van der Waals surface area contributed by atoms with Crippen molar-refractivity contribution in [2.75, 3.05) is 7.11 Å². The van der Waals surface area contributed by atoms with Gasteiger partial charge in [0.05, 0.1) is 17.6 Å². The number of halogens is 2. The van der Waals surface area contributed by atoms with E-state index >= 15 is 0 Å². The van der Waals surface area contributed by atoms with Crippen molar-refractivity contribution in [3.8, 4) is 5.75 Å². The van der Waals surface area contributed by atoms with Gasteiger partial charge >= 0.3 is 0 Å². The van der Waals surface area contributed by atoms with Gasteiger partial charge in [-0.1, -0.05) is 6.92 Å². The fraction of sp³-hybridized carbons (Fsp3) is 0.286. The smallest absolute Gasteiger partial charge is 0.141 e. The van der Waals surface area contributed by atoms with E-state index in [4.69, 9.17) is 14.9 Å². The maximum atomic E-state index is 13.5. The molecule has 2 N–H and O–H groups in total. The highest BCUT2D eigenvalue weighted by atomic mass is 79.9. The largest absolute Gasteiger partial charge is 0.496 e. The van der Waals surface area contributed by atoms with Gasteiger partial charge in [0.1, 0.15) is 23.1 Å². The fourth-order valence-corrected chi connectivity index (χ4v) is 2.23. The summed E-state index contributed by atoms with van der Waals surface area (Å²) in [5, 5.41) is 0. The Bertz CT molecular complexity index is 583. The third-order valence-corrected chi connectivity index (χ3v) is 3.55. The van der Waals surface area contributed by atoms with E-state index in [-0.39, 0.29) is 5.82 Å². The fourth-order valence-electron chi connectivity index (χ4n) is 1.87. The third kappa shape index (κ3) is 2.82. The zero-order valence-electron chi connectivity index (χ0n) is 10.7. The average molecular weight is 328 g/mol. The quantitative estimate of drug-likeness (QED) is 0.929. The van der Waals surface area contributed by atoms with Crippen molar-refractivity contribution in [1.82, 2.24) is 0 Å². The predicted octanol–water partition coefficient (Wildman–Crippen LogP) is 3.80. The van der Waals surface area contributed by atoms with Crippen molar-refractivity contribution in [1.29, 1.82) is 0 Å². The molecule has 2 rings (SSSR count). The second-order valence-electron chi connectivity index (χ2n) is 4.14. The van der Waals surface area contributed by atoms with Crippen LogP contribution in [0.5, 0.6) is 5.75 Å². The molecule has 0 aliphatic heterocycles. The van der Waals surface area contributed by atoms with Crippen LogP contribution >= 0.6 is 15.9 Å². The molecule has 0 fully saturated rings. The first kappa shape index (κ1) is 14.1. The standard InChI is InChI=1S/C14H15BrFNO2/c1-3-8-4-5-12(19-8)14(17)9-6-10(15)11(16)7-13(9)18-2/h4-7,14H,3,17H2,1-2H3. The summed E-state index contributed by atoms with van der Waals surface area (Å²) in [5.74, 6) is 1.52. The van der Waals surface area contributed by atoms with Crippen LogP contribution in [-0.2, 0) is 6.42 Å². The lowest BCUT2D eigenvalue weighted by atomic mass is 10.0. The maximum Gasteiger partial charge on any atom is 0.141 e. The van der Waals surface area contributed by atoms with Crippen molar-refractivity contribution in [2.45, 2.75) is 19.4 Å². The van der Waals surface area contributed by atoms with Gasteiger partial charge in [0, 0.05) is 18.1 Å². The maximum absolute atomic E-state index is 13.5. The minimum Gasteiger partial charge on any atom is -0.496 e. The van der Waals surface area contributed by atoms with Crippen LogP contribution in [0.15, 0.2) is 33.2 Å². The van der Waals surface area contributed by atoms with Crippen molar-refractivity contribution < 1.29 is 13.5 Å². The molecule has 1 aromatic carbocycles. The third-order valence-electron chi connectivity index (χ3n) is 2.95. The minimum absolute atomic E-state index is 0.348. The summed E-state index contributed by atoms with van der Waals surface area (Å²) >= 11 is 3.15.